The van der Waals surface area contributed by atoms with Crippen LogP contribution in [0.5, 0.6) is 5.75 Å². The molecule has 0 saturated carbocycles. The van der Waals surface area contributed by atoms with Crippen LogP contribution in [-0.2, 0) is 16.1 Å². The summed E-state index contributed by atoms with van der Waals surface area (Å²) in [6.45, 7) is 6.29. The lowest BCUT2D eigenvalue weighted by molar-refractivity contribution is -0.138. The summed E-state index contributed by atoms with van der Waals surface area (Å²) in [6.07, 6.45) is -0.197. The zero-order chi connectivity index (χ0) is 16.4. The molecule has 2 aromatic carbocycles. The number of rotatable bonds is 4. The molecule has 0 bridgehead atoms. The van der Waals surface area contributed by atoms with E-state index in [0.29, 0.717) is 12.2 Å². The molecular weight excluding hydrogens is 288 g/mol. The van der Waals surface area contributed by atoms with Crippen molar-refractivity contribution in [3.63, 3.8) is 0 Å². The summed E-state index contributed by atoms with van der Waals surface area (Å²) in [7, 11) is 0. The molecule has 0 aromatic heterocycles. The molecule has 1 aliphatic rings. The third-order valence-corrected chi connectivity index (χ3v) is 4.14. The fraction of sp³-hybridized carbons (Fsp3) is 0.250. The van der Waals surface area contributed by atoms with Gasteiger partial charge in [-0.05, 0) is 49.6 Å². The minimum atomic E-state index is -0.226. The molecule has 23 heavy (non-hydrogen) atoms. The van der Waals surface area contributed by atoms with Crippen molar-refractivity contribution in [1.82, 2.24) is 0 Å². The van der Waals surface area contributed by atoms with E-state index < -0.39 is 0 Å². The van der Waals surface area contributed by atoms with Gasteiger partial charge < -0.3 is 9.47 Å². The van der Waals surface area contributed by atoms with Crippen molar-refractivity contribution in [2.24, 2.45) is 0 Å². The van der Waals surface area contributed by atoms with Crippen LogP contribution in [0, 0.1) is 6.92 Å². The van der Waals surface area contributed by atoms with E-state index in [1.165, 1.54) is 0 Å². The summed E-state index contributed by atoms with van der Waals surface area (Å²) < 4.78 is 11.1. The second-order valence-corrected chi connectivity index (χ2v) is 5.84. The Labute approximate surface area is 136 Å². The Bertz CT molecular complexity index is 760. The van der Waals surface area contributed by atoms with Crippen molar-refractivity contribution in [2.75, 3.05) is 0 Å². The summed E-state index contributed by atoms with van der Waals surface area (Å²) in [5.74, 6) is 0.600. The predicted molar refractivity (Wildman–Crippen MR) is 90.1 cm³/mol. The van der Waals surface area contributed by atoms with Gasteiger partial charge in [0, 0.05) is 11.1 Å². The second kappa shape index (κ2) is 6.29. The van der Waals surface area contributed by atoms with Gasteiger partial charge in [-0.1, -0.05) is 36.4 Å². The normalized spacial score (nSPS) is 17.3. The van der Waals surface area contributed by atoms with Crippen molar-refractivity contribution in [3.05, 3.63) is 70.8 Å². The highest BCUT2D eigenvalue weighted by molar-refractivity contribution is 6.02. The van der Waals surface area contributed by atoms with Gasteiger partial charge in [0.1, 0.15) is 18.5 Å². The van der Waals surface area contributed by atoms with Crippen LogP contribution < -0.4 is 4.74 Å². The van der Waals surface area contributed by atoms with Crippen LogP contribution in [0.4, 0.5) is 0 Å². The standard InChI is InChI=1S/C20H20O3/c1-13-11-17(22-12-16-7-5-4-6-8-16)9-10-18(13)19-14(2)20(21)23-15(19)3/h4-11,15H,12H2,1-3H3. The summed E-state index contributed by atoms with van der Waals surface area (Å²) in [4.78, 5) is 11.7. The third kappa shape index (κ3) is 3.14. The number of aryl methyl sites for hydroxylation is 1. The highest BCUT2D eigenvalue weighted by Crippen LogP contribution is 2.34. The SMILES string of the molecule is CC1=C(c2ccc(OCc3ccccc3)cc2C)C(C)OC1=O. The number of carbonyl (C=O) groups is 1. The second-order valence-electron chi connectivity index (χ2n) is 5.84. The molecule has 0 saturated heterocycles. The maximum Gasteiger partial charge on any atom is 0.334 e. The lowest BCUT2D eigenvalue weighted by Gasteiger charge is -2.14. The average Bonchev–Trinajstić information content (AvgIpc) is 2.80. The van der Waals surface area contributed by atoms with Crippen LogP contribution in [0.3, 0.4) is 0 Å². The van der Waals surface area contributed by atoms with Crippen molar-refractivity contribution in [3.8, 4) is 5.75 Å². The van der Waals surface area contributed by atoms with E-state index in [0.717, 1.165) is 28.0 Å². The lowest BCUT2D eigenvalue weighted by atomic mass is 9.94. The number of ether oxygens (including phenoxy) is 2. The number of benzene rings is 2. The largest absolute Gasteiger partial charge is 0.489 e. The molecule has 0 fully saturated rings. The van der Waals surface area contributed by atoms with Gasteiger partial charge in [-0.3, -0.25) is 0 Å². The summed E-state index contributed by atoms with van der Waals surface area (Å²) in [5.41, 5.74) is 4.93. The van der Waals surface area contributed by atoms with Crippen molar-refractivity contribution in [1.29, 1.82) is 0 Å². The minimum absolute atomic E-state index is 0.197. The Morgan fingerprint density at radius 1 is 1.09 bits per heavy atom. The molecule has 0 radical (unpaired) electrons. The fourth-order valence-corrected chi connectivity index (χ4v) is 2.91. The van der Waals surface area contributed by atoms with Crippen molar-refractivity contribution < 1.29 is 14.3 Å². The first-order chi connectivity index (χ1) is 11.1. The molecule has 3 rings (SSSR count). The molecule has 1 unspecified atom stereocenters. The third-order valence-electron chi connectivity index (χ3n) is 4.14. The monoisotopic (exact) mass is 308 g/mol. The van der Waals surface area contributed by atoms with Gasteiger partial charge in [-0.25, -0.2) is 4.79 Å². The first-order valence-corrected chi connectivity index (χ1v) is 7.76. The zero-order valence-electron chi connectivity index (χ0n) is 13.6. The van der Waals surface area contributed by atoms with E-state index in [4.69, 9.17) is 9.47 Å². The topological polar surface area (TPSA) is 35.5 Å². The first-order valence-electron chi connectivity index (χ1n) is 7.76. The Morgan fingerprint density at radius 3 is 2.43 bits per heavy atom. The molecule has 118 valence electrons. The van der Waals surface area contributed by atoms with Gasteiger partial charge in [0.2, 0.25) is 0 Å². The molecule has 2 aromatic rings. The van der Waals surface area contributed by atoms with E-state index in [1.807, 2.05) is 69.3 Å². The van der Waals surface area contributed by atoms with Gasteiger partial charge >= 0.3 is 5.97 Å². The van der Waals surface area contributed by atoms with E-state index in [1.54, 1.807) is 0 Å². The van der Waals surface area contributed by atoms with Gasteiger partial charge in [0.25, 0.3) is 0 Å². The average molecular weight is 308 g/mol. The summed E-state index contributed by atoms with van der Waals surface area (Å²) in [6, 6.07) is 16.0. The van der Waals surface area contributed by atoms with Crippen LogP contribution in [0.25, 0.3) is 5.57 Å². The maximum atomic E-state index is 11.7. The molecule has 1 heterocycles. The van der Waals surface area contributed by atoms with Crippen LogP contribution in [0.2, 0.25) is 0 Å². The van der Waals surface area contributed by atoms with Crippen LogP contribution in [0.1, 0.15) is 30.5 Å². The minimum Gasteiger partial charge on any atom is -0.489 e. The molecule has 0 N–H and O–H groups in total. The Hall–Kier alpha value is -2.55. The van der Waals surface area contributed by atoms with Gasteiger partial charge in [0.15, 0.2) is 0 Å². The first kappa shape index (κ1) is 15.3. The fourth-order valence-electron chi connectivity index (χ4n) is 2.91. The highest BCUT2D eigenvalue weighted by atomic mass is 16.5. The maximum absolute atomic E-state index is 11.7. The highest BCUT2D eigenvalue weighted by Gasteiger charge is 2.29. The summed E-state index contributed by atoms with van der Waals surface area (Å²) >= 11 is 0. The van der Waals surface area contributed by atoms with Crippen molar-refractivity contribution >= 4 is 11.5 Å². The van der Waals surface area contributed by atoms with Crippen molar-refractivity contribution in [2.45, 2.75) is 33.5 Å². The quantitative estimate of drug-likeness (QED) is 0.790. The zero-order valence-corrected chi connectivity index (χ0v) is 13.6. The molecule has 0 spiro atoms. The molecule has 1 atom stereocenters. The smallest absolute Gasteiger partial charge is 0.334 e. The van der Waals surface area contributed by atoms with E-state index in [2.05, 4.69) is 0 Å². The summed E-state index contributed by atoms with van der Waals surface area (Å²) in [5, 5.41) is 0. The van der Waals surface area contributed by atoms with E-state index >= 15 is 0 Å². The molecule has 3 heteroatoms. The number of hydrogen-bond donors (Lipinski definition) is 0. The van der Waals surface area contributed by atoms with Crippen LogP contribution >= 0.6 is 0 Å². The number of carbonyl (C=O) groups excluding carboxylic acids is 1. The van der Waals surface area contributed by atoms with E-state index in [9.17, 15) is 4.79 Å². The molecule has 0 aliphatic carbocycles. The molecule has 0 amide bonds. The van der Waals surface area contributed by atoms with Gasteiger partial charge in [0.05, 0.1) is 0 Å². The molecular formula is C20H20O3. The van der Waals surface area contributed by atoms with E-state index in [-0.39, 0.29) is 12.1 Å². The number of hydrogen-bond acceptors (Lipinski definition) is 3. The van der Waals surface area contributed by atoms with Gasteiger partial charge in [-0.2, -0.15) is 0 Å². The Kier molecular flexibility index (Phi) is 4.20. The number of esters is 1. The Morgan fingerprint density at radius 2 is 1.83 bits per heavy atom. The van der Waals surface area contributed by atoms with Crippen LogP contribution in [0.15, 0.2) is 54.1 Å². The molecule has 1 aliphatic heterocycles. The molecule has 3 nitrogen and oxygen atoms in total. The number of cyclic esters (lactones) is 1. The van der Waals surface area contributed by atoms with Crippen LogP contribution in [-0.4, -0.2) is 12.1 Å². The Balaban J connectivity index is 1.80. The van der Waals surface area contributed by atoms with Gasteiger partial charge in [-0.15, -0.1) is 0 Å². The lowest BCUT2D eigenvalue weighted by Crippen LogP contribution is -2.06. The predicted octanol–water partition coefficient (Wildman–Crippen LogP) is 4.29.